The molecule has 0 unspecified atom stereocenters. The lowest BCUT2D eigenvalue weighted by molar-refractivity contribution is 0.281. The third-order valence-electron chi connectivity index (χ3n) is 2.32. The smallest absolute Gasteiger partial charge is 0.151 e. The SMILES string of the molecule is Nc1c(Cl)cccc1Oc1cccc(CO)c1. The number of halogens is 1. The maximum Gasteiger partial charge on any atom is 0.151 e. The number of anilines is 1. The summed E-state index contributed by atoms with van der Waals surface area (Å²) in [7, 11) is 0. The van der Waals surface area contributed by atoms with Gasteiger partial charge in [0.2, 0.25) is 0 Å². The molecular weight excluding hydrogens is 238 g/mol. The molecule has 4 heteroatoms. The van der Waals surface area contributed by atoms with E-state index in [2.05, 4.69) is 0 Å². The quantitative estimate of drug-likeness (QED) is 0.822. The van der Waals surface area contributed by atoms with Crippen LogP contribution in [0.3, 0.4) is 0 Å². The number of rotatable bonds is 3. The third-order valence-corrected chi connectivity index (χ3v) is 2.65. The van der Waals surface area contributed by atoms with Gasteiger partial charge in [0.25, 0.3) is 0 Å². The Hall–Kier alpha value is -1.71. The summed E-state index contributed by atoms with van der Waals surface area (Å²) in [6.07, 6.45) is 0. The van der Waals surface area contributed by atoms with Crippen LogP contribution in [0.25, 0.3) is 0 Å². The van der Waals surface area contributed by atoms with Gasteiger partial charge in [-0.05, 0) is 29.8 Å². The molecule has 3 N–H and O–H groups in total. The average Bonchev–Trinajstić information content (AvgIpc) is 2.35. The molecule has 2 aromatic rings. The Bertz CT molecular complexity index is 529. The zero-order valence-corrected chi connectivity index (χ0v) is 9.82. The summed E-state index contributed by atoms with van der Waals surface area (Å²) in [5.41, 5.74) is 6.98. The first-order valence-electron chi connectivity index (χ1n) is 5.12. The predicted octanol–water partition coefficient (Wildman–Crippen LogP) is 3.21. The second-order valence-corrected chi connectivity index (χ2v) is 3.97. The Labute approximate surface area is 104 Å². The predicted molar refractivity (Wildman–Crippen MR) is 68.3 cm³/mol. The number of ether oxygens (including phenoxy) is 1. The molecule has 0 radical (unpaired) electrons. The van der Waals surface area contributed by atoms with E-state index in [0.29, 0.717) is 22.2 Å². The number of para-hydroxylation sites is 1. The van der Waals surface area contributed by atoms with Crippen molar-refractivity contribution in [3.8, 4) is 11.5 Å². The third kappa shape index (κ3) is 2.70. The van der Waals surface area contributed by atoms with Gasteiger partial charge in [0.05, 0.1) is 17.3 Å². The van der Waals surface area contributed by atoms with E-state index in [0.717, 1.165) is 5.56 Å². The molecule has 88 valence electrons. The van der Waals surface area contributed by atoms with Gasteiger partial charge in [0.1, 0.15) is 5.75 Å². The van der Waals surface area contributed by atoms with Gasteiger partial charge >= 0.3 is 0 Å². The second-order valence-electron chi connectivity index (χ2n) is 3.56. The van der Waals surface area contributed by atoms with Gasteiger partial charge in [-0.2, -0.15) is 0 Å². The molecule has 3 nitrogen and oxygen atoms in total. The first-order valence-corrected chi connectivity index (χ1v) is 5.50. The zero-order valence-electron chi connectivity index (χ0n) is 9.06. The highest BCUT2D eigenvalue weighted by molar-refractivity contribution is 6.33. The van der Waals surface area contributed by atoms with E-state index >= 15 is 0 Å². The van der Waals surface area contributed by atoms with Crippen molar-refractivity contribution in [1.29, 1.82) is 0 Å². The van der Waals surface area contributed by atoms with Gasteiger partial charge in [-0.1, -0.05) is 29.8 Å². The molecule has 0 spiro atoms. The fourth-order valence-corrected chi connectivity index (χ4v) is 1.61. The number of hydrogen-bond donors (Lipinski definition) is 2. The summed E-state index contributed by atoms with van der Waals surface area (Å²) < 4.78 is 5.61. The molecule has 2 aromatic carbocycles. The lowest BCUT2D eigenvalue weighted by Gasteiger charge is -2.09. The Morgan fingerprint density at radius 1 is 1.18 bits per heavy atom. The highest BCUT2D eigenvalue weighted by Crippen LogP contribution is 2.32. The van der Waals surface area contributed by atoms with Crippen LogP contribution >= 0.6 is 11.6 Å². The van der Waals surface area contributed by atoms with E-state index in [9.17, 15) is 0 Å². The maximum absolute atomic E-state index is 9.03. The number of aliphatic hydroxyl groups excluding tert-OH is 1. The summed E-state index contributed by atoms with van der Waals surface area (Å²) in [5.74, 6) is 1.12. The fraction of sp³-hybridized carbons (Fsp3) is 0.0769. The average molecular weight is 250 g/mol. The van der Waals surface area contributed by atoms with Crippen molar-refractivity contribution in [3.05, 3.63) is 53.1 Å². The van der Waals surface area contributed by atoms with Crippen LogP contribution in [0.1, 0.15) is 5.56 Å². The summed E-state index contributed by atoms with van der Waals surface area (Å²) in [6.45, 7) is -0.0256. The molecule has 17 heavy (non-hydrogen) atoms. The van der Waals surface area contributed by atoms with Crippen molar-refractivity contribution in [2.24, 2.45) is 0 Å². The Kier molecular flexibility index (Phi) is 3.52. The number of nitrogens with two attached hydrogens (primary N) is 1. The molecule has 0 saturated carbocycles. The molecule has 0 aliphatic carbocycles. The van der Waals surface area contributed by atoms with Gasteiger partial charge in [0.15, 0.2) is 5.75 Å². The lowest BCUT2D eigenvalue weighted by atomic mass is 10.2. The number of benzene rings is 2. The molecule has 0 amide bonds. The molecule has 0 aliphatic heterocycles. The van der Waals surface area contributed by atoms with Crippen molar-refractivity contribution in [1.82, 2.24) is 0 Å². The zero-order chi connectivity index (χ0) is 12.3. The standard InChI is InChI=1S/C13H12ClNO2/c14-11-5-2-6-12(13(11)15)17-10-4-1-3-9(7-10)8-16/h1-7,16H,8,15H2. The van der Waals surface area contributed by atoms with Crippen LogP contribution in [0.2, 0.25) is 5.02 Å². The van der Waals surface area contributed by atoms with E-state index in [1.54, 1.807) is 30.3 Å². The van der Waals surface area contributed by atoms with E-state index in [1.165, 1.54) is 0 Å². The minimum absolute atomic E-state index is 0.0256. The molecule has 2 rings (SSSR count). The van der Waals surface area contributed by atoms with Crippen molar-refractivity contribution in [3.63, 3.8) is 0 Å². The van der Waals surface area contributed by atoms with Crippen LogP contribution in [0.4, 0.5) is 5.69 Å². The van der Waals surface area contributed by atoms with Crippen LogP contribution < -0.4 is 10.5 Å². The summed E-state index contributed by atoms with van der Waals surface area (Å²) in [6, 6.07) is 12.4. The number of nitrogen functional groups attached to an aromatic ring is 1. The number of hydrogen-bond acceptors (Lipinski definition) is 3. The molecule has 0 fully saturated rings. The summed E-state index contributed by atoms with van der Waals surface area (Å²) in [4.78, 5) is 0. The van der Waals surface area contributed by atoms with Gasteiger partial charge < -0.3 is 15.6 Å². The molecule has 0 atom stereocenters. The maximum atomic E-state index is 9.03. The van der Waals surface area contributed by atoms with Crippen molar-refractivity contribution < 1.29 is 9.84 Å². The highest BCUT2D eigenvalue weighted by Gasteiger charge is 2.05. The summed E-state index contributed by atoms with van der Waals surface area (Å²) >= 11 is 5.89. The van der Waals surface area contributed by atoms with Crippen LogP contribution in [0.15, 0.2) is 42.5 Å². The van der Waals surface area contributed by atoms with Gasteiger partial charge in [0, 0.05) is 0 Å². The van der Waals surface area contributed by atoms with E-state index in [1.807, 2.05) is 12.1 Å². The van der Waals surface area contributed by atoms with Crippen molar-refractivity contribution in [2.45, 2.75) is 6.61 Å². The van der Waals surface area contributed by atoms with Crippen molar-refractivity contribution >= 4 is 17.3 Å². The Balaban J connectivity index is 2.28. The van der Waals surface area contributed by atoms with Crippen LogP contribution in [0, 0.1) is 0 Å². The normalized spacial score (nSPS) is 10.2. The molecule has 0 saturated heterocycles. The molecule has 0 aliphatic rings. The lowest BCUT2D eigenvalue weighted by Crippen LogP contribution is -1.93. The van der Waals surface area contributed by atoms with E-state index < -0.39 is 0 Å². The van der Waals surface area contributed by atoms with E-state index in [-0.39, 0.29) is 6.61 Å². The number of aliphatic hydroxyl groups is 1. The Morgan fingerprint density at radius 3 is 2.71 bits per heavy atom. The first kappa shape index (κ1) is 11.8. The molecular formula is C13H12ClNO2. The second kappa shape index (κ2) is 5.08. The van der Waals surface area contributed by atoms with Crippen molar-refractivity contribution in [2.75, 3.05) is 5.73 Å². The molecule has 0 heterocycles. The molecule has 0 aromatic heterocycles. The monoisotopic (exact) mass is 249 g/mol. The minimum atomic E-state index is -0.0256. The largest absolute Gasteiger partial charge is 0.455 e. The van der Waals surface area contributed by atoms with Crippen LogP contribution in [0.5, 0.6) is 11.5 Å². The highest BCUT2D eigenvalue weighted by atomic mass is 35.5. The Morgan fingerprint density at radius 2 is 1.94 bits per heavy atom. The fourth-order valence-electron chi connectivity index (χ4n) is 1.44. The van der Waals surface area contributed by atoms with Crippen LogP contribution in [-0.4, -0.2) is 5.11 Å². The van der Waals surface area contributed by atoms with Gasteiger partial charge in [-0.15, -0.1) is 0 Å². The van der Waals surface area contributed by atoms with Gasteiger partial charge in [-0.3, -0.25) is 0 Å². The first-order chi connectivity index (χ1) is 8.20. The van der Waals surface area contributed by atoms with E-state index in [4.69, 9.17) is 27.2 Å². The minimum Gasteiger partial charge on any atom is -0.455 e. The topological polar surface area (TPSA) is 55.5 Å². The summed E-state index contributed by atoms with van der Waals surface area (Å²) in [5, 5.41) is 9.48. The van der Waals surface area contributed by atoms with Crippen LogP contribution in [-0.2, 0) is 6.61 Å². The molecule has 0 bridgehead atoms. The van der Waals surface area contributed by atoms with Gasteiger partial charge in [-0.25, -0.2) is 0 Å².